The standard InChI is InChI=1S/C9H13N3O/c1-12-5-4-11-8(12)7(13)9(6-10)2-3-9/h4-5H,2-3,6,10H2,1H3. The summed E-state index contributed by atoms with van der Waals surface area (Å²) >= 11 is 0. The van der Waals surface area contributed by atoms with Crippen molar-refractivity contribution in [1.29, 1.82) is 0 Å². The molecule has 13 heavy (non-hydrogen) atoms. The van der Waals surface area contributed by atoms with E-state index in [4.69, 9.17) is 5.73 Å². The van der Waals surface area contributed by atoms with Gasteiger partial charge in [0.15, 0.2) is 5.82 Å². The van der Waals surface area contributed by atoms with Gasteiger partial charge in [-0.25, -0.2) is 4.98 Å². The second-order valence-corrected chi connectivity index (χ2v) is 3.68. The number of carbonyl (C=O) groups excluding carboxylic acids is 1. The Balaban J connectivity index is 2.28. The number of aryl methyl sites for hydroxylation is 1. The molecule has 0 radical (unpaired) electrons. The average Bonchev–Trinajstić information content (AvgIpc) is 2.83. The smallest absolute Gasteiger partial charge is 0.205 e. The minimum atomic E-state index is -0.279. The Labute approximate surface area is 76.8 Å². The van der Waals surface area contributed by atoms with E-state index in [-0.39, 0.29) is 11.2 Å². The van der Waals surface area contributed by atoms with Gasteiger partial charge in [-0.15, -0.1) is 0 Å². The highest BCUT2D eigenvalue weighted by molar-refractivity contribution is 5.99. The van der Waals surface area contributed by atoms with Gasteiger partial charge in [0, 0.05) is 31.4 Å². The molecule has 1 aromatic heterocycles. The summed E-state index contributed by atoms with van der Waals surface area (Å²) in [5, 5.41) is 0. The largest absolute Gasteiger partial charge is 0.332 e. The van der Waals surface area contributed by atoms with Gasteiger partial charge in [0.1, 0.15) is 0 Å². The maximum absolute atomic E-state index is 11.9. The molecule has 2 N–H and O–H groups in total. The van der Waals surface area contributed by atoms with Crippen LogP contribution in [-0.4, -0.2) is 21.9 Å². The first-order valence-electron chi connectivity index (χ1n) is 4.42. The normalized spacial score (nSPS) is 18.6. The average molecular weight is 179 g/mol. The third-order valence-electron chi connectivity index (χ3n) is 2.75. The number of nitrogens with two attached hydrogens (primary N) is 1. The summed E-state index contributed by atoms with van der Waals surface area (Å²) in [6.07, 6.45) is 5.24. The molecule has 1 aromatic rings. The Kier molecular flexibility index (Phi) is 1.73. The molecule has 1 fully saturated rings. The molecule has 0 saturated heterocycles. The summed E-state index contributed by atoms with van der Waals surface area (Å²) in [5.74, 6) is 0.630. The summed E-state index contributed by atoms with van der Waals surface area (Å²) < 4.78 is 1.75. The van der Waals surface area contributed by atoms with Crippen molar-refractivity contribution < 1.29 is 4.79 Å². The number of Topliss-reactive ketones (excluding diaryl/α,β-unsaturated/α-hetero) is 1. The van der Waals surface area contributed by atoms with Gasteiger partial charge in [-0.05, 0) is 12.8 Å². The van der Waals surface area contributed by atoms with E-state index in [9.17, 15) is 4.79 Å². The molecule has 70 valence electrons. The van der Waals surface area contributed by atoms with Crippen molar-refractivity contribution in [2.24, 2.45) is 18.2 Å². The molecule has 0 unspecified atom stereocenters. The van der Waals surface area contributed by atoms with Gasteiger partial charge in [-0.2, -0.15) is 0 Å². The lowest BCUT2D eigenvalue weighted by Gasteiger charge is -2.09. The third-order valence-corrected chi connectivity index (χ3v) is 2.75. The second kappa shape index (κ2) is 2.67. The van der Waals surface area contributed by atoms with Crippen molar-refractivity contribution in [3.63, 3.8) is 0 Å². The first-order chi connectivity index (χ1) is 6.19. The first-order valence-corrected chi connectivity index (χ1v) is 4.42. The number of ketones is 1. The molecule has 4 heteroatoms. The van der Waals surface area contributed by atoms with Crippen LogP contribution in [0.4, 0.5) is 0 Å². The Bertz CT molecular complexity index is 338. The monoisotopic (exact) mass is 179 g/mol. The van der Waals surface area contributed by atoms with Gasteiger partial charge < -0.3 is 10.3 Å². The third kappa shape index (κ3) is 1.18. The van der Waals surface area contributed by atoms with Crippen LogP contribution in [0.25, 0.3) is 0 Å². The fraction of sp³-hybridized carbons (Fsp3) is 0.556. The van der Waals surface area contributed by atoms with Gasteiger partial charge >= 0.3 is 0 Å². The fourth-order valence-electron chi connectivity index (χ4n) is 1.50. The van der Waals surface area contributed by atoms with Crippen molar-refractivity contribution in [3.8, 4) is 0 Å². The van der Waals surface area contributed by atoms with Crippen LogP contribution in [-0.2, 0) is 7.05 Å². The predicted octanol–water partition coefficient (Wildman–Crippen LogP) is 0.342. The molecule has 1 aliphatic rings. The number of imidazole rings is 1. The van der Waals surface area contributed by atoms with Crippen molar-refractivity contribution in [1.82, 2.24) is 9.55 Å². The number of rotatable bonds is 3. The Morgan fingerprint density at radius 1 is 1.77 bits per heavy atom. The van der Waals surface area contributed by atoms with Crippen LogP contribution >= 0.6 is 0 Å². The van der Waals surface area contributed by atoms with Crippen LogP contribution in [0.2, 0.25) is 0 Å². The minimum absolute atomic E-state index is 0.0995. The molecular formula is C9H13N3O. The zero-order valence-corrected chi connectivity index (χ0v) is 7.66. The van der Waals surface area contributed by atoms with Crippen LogP contribution in [0.15, 0.2) is 12.4 Å². The molecule has 2 rings (SSSR count). The van der Waals surface area contributed by atoms with Crippen LogP contribution in [0.1, 0.15) is 23.5 Å². The minimum Gasteiger partial charge on any atom is -0.332 e. The maximum Gasteiger partial charge on any atom is 0.205 e. The van der Waals surface area contributed by atoms with Crippen LogP contribution in [0.3, 0.4) is 0 Å². The molecule has 0 aromatic carbocycles. The van der Waals surface area contributed by atoms with E-state index in [2.05, 4.69) is 4.98 Å². The number of nitrogens with zero attached hydrogens (tertiary/aromatic N) is 2. The molecule has 0 spiro atoms. The van der Waals surface area contributed by atoms with E-state index in [0.717, 1.165) is 12.8 Å². The lowest BCUT2D eigenvalue weighted by atomic mass is 10.0. The number of hydrogen-bond donors (Lipinski definition) is 1. The van der Waals surface area contributed by atoms with Gasteiger partial charge in [0.25, 0.3) is 0 Å². The lowest BCUT2D eigenvalue weighted by molar-refractivity contribution is 0.0891. The van der Waals surface area contributed by atoms with Gasteiger partial charge in [0.2, 0.25) is 5.78 Å². The van der Waals surface area contributed by atoms with Crippen molar-refractivity contribution in [2.75, 3.05) is 6.54 Å². The lowest BCUT2D eigenvalue weighted by Crippen LogP contribution is -2.27. The van der Waals surface area contributed by atoms with E-state index < -0.39 is 0 Å². The van der Waals surface area contributed by atoms with Crippen molar-refractivity contribution in [3.05, 3.63) is 18.2 Å². The fourth-order valence-corrected chi connectivity index (χ4v) is 1.50. The molecule has 0 atom stereocenters. The van der Waals surface area contributed by atoms with E-state index in [0.29, 0.717) is 12.4 Å². The Morgan fingerprint density at radius 3 is 2.85 bits per heavy atom. The quantitative estimate of drug-likeness (QED) is 0.681. The zero-order chi connectivity index (χ0) is 9.47. The summed E-state index contributed by atoms with van der Waals surface area (Å²) in [6, 6.07) is 0. The zero-order valence-electron chi connectivity index (χ0n) is 7.66. The highest BCUT2D eigenvalue weighted by atomic mass is 16.1. The SMILES string of the molecule is Cn1ccnc1C(=O)C1(CN)CC1. The second-order valence-electron chi connectivity index (χ2n) is 3.68. The van der Waals surface area contributed by atoms with Gasteiger partial charge in [0.05, 0.1) is 0 Å². The molecular weight excluding hydrogens is 166 g/mol. The topological polar surface area (TPSA) is 60.9 Å². The number of carbonyl (C=O) groups is 1. The van der Waals surface area contributed by atoms with Crippen molar-refractivity contribution in [2.45, 2.75) is 12.8 Å². The van der Waals surface area contributed by atoms with Crippen LogP contribution in [0.5, 0.6) is 0 Å². The number of hydrogen-bond acceptors (Lipinski definition) is 3. The molecule has 0 amide bonds. The molecule has 4 nitrogen and oxygen atoms in total. The summed E-state index contributed by atoms with van der Waals surface area (Å²) in [7, 11) is 1.83. The summed E-state index contributed by atoms with van der Waals surface area (Å²) in [5.41, 5.74) is 5.29. The van der Waals surface area contributed by atoms with Gasteiger partial charge in [-0.1, -0.05) is 0 Å². The Morgan fingerprint density at radius 2 is 2.46 bits per heavy atom. The van der Waals surface area contributed by atoms with E-state index >= 15 is 0 Å². The molecule has 1 saturated carbocycles. The van der Waals surface area contributed by atoms with E-state index in [1.165, 1.54) is 0 Å². The predicted molar refractivity (Wildman–Crippen MR) is 48.3 cm³/mol. The Hall–Kier alpha value is -1.16. The number of aromatic nitrogens is 2. The molecule has 0 bridgehead atoms. The molecule has 1 heterocycles. The summed E-state index contributed by atoms with van der Waals surface area (Å²) in [6.45, 7) is 0.443. The molecule has 1 aliphatic carbocycles. The van der Waals surface area contributed by atoms with E-state index in [1.54, 1.807) is 17.0 Å². The van der Waals surface area contributed by atoms with Crippen molar-refractivity contribution >= 4 is 5.78 Å². The van der Waals surface area contributed by atoms with E-state index in [1.807, 2.05) is 7.05 Å². The highest BCUT2D eigenvalue weighted by Gasteiger charge is 2.49. The first kappa shape index (κ1) is 8.44. The molecule has 0 aliphatic heterocycles. The van der Waals surface area contributed by atoms with Gasteiger partial charge in [-0.3, -0.25) is 4.79 Å². The van der Waals surface area contributed by atoms with Crippen LogP contribution < -0.4 is 5.73 Å². The maximum atomic E-state index is 11.9. The van der Waals surface area contributed by atoms with Crippen LogP contribution in [0, 0.1) is 5.41 Å². The summed E-state index contributed by atoms with van der Waals surface area (Å²) in [4.78, 5) is 15.9. The highest BCUT2D eigenvalue weighted by Crippen LogP contribution is 2.46.